The molecule has 3 heteroatoms. The summed E-state index contributed by atoms with van der Waals surface area (Å²) in [4.78, 5) is 15.1. The molecule has 1 heterocycles. The molecule has 2 rings (SSSR count). The van der Waals surface area contributed by atoms with Crippen molar-refractivity contribution in [1.82, 2.24) is 4.98 Å². The van der Waals surface area contributed by atoms with Crippen molar-refractivity contribution in [2.24, 2.45) is 0 Å². The van der Waals surface area contributed by atoms with E-state index in [1.807, 2.05) is 0 Å². The summed E-state index contributed by atoms with van der Waals surface area (Å²) < 4.78 is 14.2. The van der Waals surface area contributed by atoms with Gasteiger partial charge in [0, 0.05) is 18.0 Å². The normalized spacial score (nSPS) is 12.1. The molecule has 1 unspecified atom stereocenters. The van der Waals surface area contributed by atoms with Crippen molar-refractivity contribution in [3.8, 4) is 0 Å². The fourth-order valence-corrected chi connectivity index (χ4v) is 1.64. The van der Waals surface area contributed by atoms with Gasteiger partial charge < -0.3 is 0 Å². The van der Waals surface area contributed by atoms with Crippen LogP contribution in [0.15, 0.2) is 48.8 Å². The van der Waals surface area contributed by atoms with E-state index in [1.165, 1.54) is 6.92 Å². The van der Waals surface area contributed by atoms with Crippen molar-refractivity contribution in [2.45, 2.75) is 13.1 Å². The Morgan fingerprint density at radius 2 is 1.88 bits per heavy atom. The summed E-state index contributed by atoms with van der Waals surface area (Å²) in [7, 11) is 0. The van der Waals surface area contributed by atoms with Gasteiger partial charge in [0.15, 0.2) is 12.0 Å². The first kappa shape index (κ1) is 11.5. The van der Waals surface area contributed by atoms with Gasteiger partial charge in [0.1, 0.15) is 0 Å². The molecule has 2 nitrogen and oxygen atoms in total. The molecule has 0 radical (unpaired) electrons. The van der Waals surface area contributed by atoms with E-state index in [-0.39, 0.29) is 5.78 Å². The van der Waals surface area contributed by atoms with E-state index in [4.69, 9.17) is 0 Å². The number of hydrogen-bond acceptors (Lipinski definition) is 2. The van der Waals surface area contributed by atoms with Crippen LogP contribution in [0.25, 0.3) is 0 Å². The van der Waals surface area contributed by atoms with Gasteiger partial charge in [-0.05, 0) is 36.2 Å². The van der Waals surface area contributed by atoms with Crippen molar-refractivity contribution >= 4 is 5.78 Å². The Morgan fingerprint density at radius 3 is 2.53 bits per heavy atom. The van der Waals surface area contributed by atoms with Crippen LogP contribution in [0.4, 0.5) is 4.39 Å². The van der Waals surface area contributed by atoms with Gasteiger partial charge in [0.2, 0.25) is 0 Å². The van der Waals surface area contributed by atoms with E-state index in [1.54, 1.807) is 48.8 Å². The Hall–Kier alpha value is -2.03. The lowest BCUT2D eigenvalue weighted by molar-refractivity contribution is 0.101. The molecule has 0 aliphatic carbocycles. The highest BCUT2D eigenvalue weighted by molar-refractivity contribution is 5.94. The van der Waals surface area contributed by atoms with Crippen LogP contribution in [0.2, 0.25) is 0 Å². The number of nitrogens with zero attached hydrogens (tertiary/aromatic N) is 1. The van der Waals surface area contributed by atoms with Gasteiger partial charge in [-0.15, -0.1) is 0 Å². The predicted molar refractivity (Wildman–Crippen MR) is 63.6 cm³/mol. The van der Waals surface area contributed by atoms with E-state index < -0.39 is 6.17 Å². The molecule has 0 bridgehead atoms. The zero-order valence-corrected chi connectivity index (χ0v) is 9.43. The molecule has 86 valence electrons. The molecular formula is C14H12FNO. The van der Waals surface area contributed by atoms with Gasteiger partial charge in [-0.25, -0.2) is 4.39 Å². The van der Waals surface area contributed by atoms with E-state index in [0.29, 0.717) is 16.7 Å². The molecule has 1 aromatic heterocycles. The van der Waals surface area contributed by atoms with E-state index in [0.717, 1.165) is 0 Å². The highest BCUT2D eigenvalue weighted by Crippen LogP contribution is 2.26. The van der Waals surface area contributed by atoms with Crippen molar-refractivity contribution in [3.05, 3.63) is 65.5 Å². The maximum atomic E-state index is 14.2. The lowest BCUT2D eigenvalue weighted by Crippen LogP contribution is -1.98. The molecule has 17 heavy (non-hydrogen) atoms. The SMILES string of the molecule is CC(=O)c1cccc(C(F)c2ccncc2)c1. The van der Waals surface area contributed by atoms with Gasteiger partial charge in [-0.3, -0.25) is 9.78 Å². The number of pyridine rings is 1. The van der Waals surface area contributed by atoms with Crippen LogP contribution in [-0.2, 0) is 0 Å². The van der Waals surface area contributed by atoms with Crippen LogP contribution >= 0.6 is 0 Å². The number of aromatic nitrogens is 1. The zero-order valence-electron chi connectivity index (χ0n) is 9.43. The molecule has 0 N–H and O–H groups in total. The Bertz CT molecular complexity index is 525. The first-order valence-corrected chi connectivity index (χ1v) is 5.33. The van der Waals surface area contributed by atoms with Gasteiger partial charge in [-0.1, -0.05) is 18.2 Å². The minimum Gasteiger partial charge on any atom is -0.295 e. The van der Waals surface area contributed by atoms with Crippen LogP contribution in [0, 0.1) is 0 Å². The van der Waals surface area contributed by atoms with E-state index >= 15 is 0 Å². The number of halogens is 1. The Morgan fingerprint density at radius 1 is 1.18 bits per heavy atom. The quantitative estimate of drug-likeness (QED) is 0.755. The first-order chi connectivity index (χ1) is 8.18. The molecule has 0 fully saturated rings. The number of Topliss-reactive ketones (excluding diaryl/α,β-unsaturated/α-hetero) is 1. The lowest BCUT2D eigenvalue weighted by Gasteiger charge is -2.09. The van der Waals surface area contributed by atoms with Crippen LogP contribution in [0.5, 0.6) is 0 Å². The summed E-state index contributed by atoms with van der Waals surface area (Å²) in [6.45, 7) is 1.47. The number of rotatable bonds is 3. The molecule has 0 aliphatic heterocycles. The smallest absolute Gasteiger partial charge is 0.159 e. The number of carbonyl (C=O) groups is 1. The highest BCUT2D eigenvalue weighted by atomic mass is 19.1. The molecule has 0 saturated carbocycles. The fourth-order valence-electron chi connectivity index (χ4n) is 1.64. The Balaban J connectivity index is 2.34. The second-order valence-corrected chi connectivity index (χ2v) is 3.82. The Labute approximate surface area is 99.1 Å². The average Bonchev–Trinajstić information content (AvgIpc) is 2.39. The number of carbonyl (C=O) groups excluding carboxylic acids is 1. The first-order valence-electron chi connectivity index (χ1n) is 5.33. The molecule has 2 aromatic rings. The van der Waals surface area contributed by atoms with Gasteiger partial charge >= 0.3 is 0 Å². The number of benzene rings is 1. The summed E-state index contributed by atoms with van der Waals surface area (Å²) in [6.07, 6.45) is 1.88. The molecule has 0 saturated heterocycles. The van der Waals surface area contributed by atoms with E-state index in [2.05, 4.69) is 4.98 Å². The third-order valence-electron chi connectivity index (χ3n) is 2.58. The van der Waals surface area contributed by atoms with Crippen LogP contribution in [0.3, 0.4) is 0 Å². The standard InChI is InChI=1S/C14H12FNO/c1-10(17)12-3-2-4-13(9-12)14(15)11-5-7-16-8-6-11/h2-9,14H,1H3. The summed E-state index contributed by atoms with van der Waals surface area (Å²) in [5.74, 6) is -0.0613. The van der Waals surface area contributed by atoms with Gasteiger partial charge in [0.25, 0.3) is 0 Å². The third-order valence-corrected chi connectivity index (χ3v) is 2.58. The van der Waals surface area contributed by atoms with Crippen molar-refractivity contribution < 1.29 is 9.18 Å². The molecule has 0 aliphatic rings. The minimum atomic E-state index is -1.22. The fraction of sp³-hybridized carbons (Fsp3) is 0.143. The second kappa shape index (κ2) is 4.87. The van der Waals surface area contributed by atoms with E-state index in [9.17, 15) is 9.18 Å². The van der Waals surface area contributed by atoms with Crippen LogP contribution < -0.4 is 0 Å². The summed E-state index contributed by atoms with van der Waals surface area (Å²) in [6, 6.07) is 9.91. The van der Waals surface area contributed by atoms with Crippen LogP contribution in [-0.4, -0.2) is 10.8 Å². The molecular weight excluding hydrogens is 217 g/mol. The largest absolute Gasteiger partial charge is 0.295 e. The lowest BCUT2D eigenvalue weighted by atomic mass is 10.0. The minimum absolute atomic E-state index is 0.0613. The van der Waals surface area contributed by atoms with Crippen molar-refractivity contribution in [2.75, 3.05) is 0 Å². The number of ketones is 1. The van der Waals surface area contributed by atoms with Gasteiger partial charge in [0.05, 0.1) is 0 Å². The maximum absolute atomic E-state index is 14.2. The third kappa shape index (κ3) is 2.56. The van der Waals surface area contributed by atoms with Gasteiger partial charge in [-0.2, -0.15) is 0 Å². The molecule has 1 aromatic carbocycles. The summed E-state index contributed by atoms with van der Waals surface area (Å²) >= 11 is 0. The number of alkyl halides is 1. The average molecular weight is 229 g/mol. The zero-order chi connectivity index (χ0) is 12.3. The summed E-state index contributed by atoms with van der Waals surface area (Å²) in [5, 5.41) is 0. The topological polar surface area (TPSA) is 30.0 Å². The monoisotopic (exact) mass is 229 g/mol. The maximum Gasteiger partial charge on any atom is 0.159 e. The second-order valence-electron chi connectivity index (χ2n) is 3.82. The summed E-state index contributed by atoms with van der Waals surface area (Å²) in [5.41, 5.74) is 1.56. The molecule has 0 amide bonds. The van der Waals surface area contributed by atoms with Crippen molar-refractivity contribution in [1.29, 1.82) is 0 Å². The predicted octanol–water partition coefficient (Wildman–Crippen LogP) is 3.34. The number of hydrogen-bond donors (Lipinski definition) is 0. The van der Waals surface area contributed by atoms with Crippen molar-refractivity contribution in [3.63, 3.8) is 0 Å². The van der Waals surface area contributed by atoms with Crippen LogP contribution in [0.1, 0.15) is 34.6 Å². The molecule has 1 atom stereocenters. The Kier molecular flexibility index (Phi) is 3.28. The highest BCUT2D eigenvalue weighted by Gasteiger charge is 2.13. The molecule has 0 spiro atoms.